The van der Waals surface area contributed by atoms with Crippen LogP contribution in [0.4, 0.5) is 4.79 Å². The second-order valence-electron chi connectivity index (χ2n) is 10.3. The van der Waals surface area contributed by atoms with Crippen LogP contribution in [0.3, 0.4) is 0 Å². The van der Waals surface area contributed by atoms with E-state index in [9.17, 15) is 9.59 Å². The lowest BCUT2D eigenvalue weighted by atomic mass is 9.89. The summed E-state index contributed by atoms with van der Waals surface area (Å²) in [6, 6.07) is 19.6. The Balaban J connectivity index is 1.41. The van der Waals surface area contributed by atoms with Crippen LogP contribution in [0.1, 0.15) is 55.6 Å². The van der Waals surface area contributed by atoms with Crippen molar-refractivity contribution in [2.75, 3.05) is 32.8 Å². The number of carbonyl (C=O) groups excluding carboxylic acids is 2. The van der Waals surface area contributed by atoms with Crippen molar-refractivity contribution >= 4 is 12.0 Å². The van der Waals surface area contributed by atoms with Gasteiger partial charge in [0.1, 0.15) is 5.75 Å². The fourth-order valence-electron chi connectivity index (χ4n) is 5.84. The predicted molar refractivity (Wildman–Crippen MR) is 153 cm³/mol. The third kappa shape index (κ3) is 6.47. The number of benzene rings is 2. The summed E-state index contributed by atoms with van der Waals surface area (Å²) in [4.78, 5) is 33.2. The van der Waals surface area contributed by atoms with Crippen LogP contribution >= 0.6 is 0 Å². The number of carbonyl (C=O) groups is 2. The van der Waals surface area contributed by atoms with Gasteiger partial charge < -0.3 is 29.6 Å². The fourth-order valence-corrected chi connectivity index (χ4v) is 5.84. The minimum absolute atomic E-state index is 0.00774. The van der Waals surface area contributed by atoms with Crippen LogP contribution in [0.2, 0.25) is 0 Å². The van der Waals surface area contributed by atoms with E-state index in [0.717, 1.165) is 49.2 Å². The third-order valence-electron chi connectivity index (χ3n) is 7.78. The molecular formula is C31H39N5O4. The van der Waals surface area contributed by atoms with E-state index in [0.29, 0.717) is 38.4 Å². The molecule has 2 N–H and O–H groups in total. The maximum absolute atomic E-state index is 14.2. The van der Waals surface area contributed by atoms with Gasteiger partial charge in [0.15, 0.2) is 5.69 Å². The maximum Gasteiger partial charge on any atom is 0.407 e. The Bertz CT molecular complexity index is 1250. The van der Waals surface area contributed by atoms with E-state index < -0.39 is 6.09 Å². The number of piperazine rings is 1. The number of nitrogens with one attached hydrogen (secondary N) is 2. The van der Waals surface area contributed by atoms with Crippen molar-refractivity contribution in [2.45, 2.75) is 57.2 Å². The van der Waals surface area contributed by atoms with Gasteiger partial charge >= 0.3 is 6.09 Å². The van der Waals surface area contributed by atoms with Gasteiger partial charge in [0.25, 0.3) is 5.91 Å². The Hall–Kier alpha value is -3.85. The highest BCUT2D eigenvalue weighted by Crippen LogP contribution is 2.35. The standard InChI is InChI=1S/C31H39N5O4/c1-2-39-31(38)34-26-15-9-10-16-27(26)36-22-33-28(29(36)23-11-5-3-6-12-23)30(37)35-19-18-32-21-24(35)17-20-40-25-13-7-4-8-14-25/h3-8,11-14,22,24,26-27,32H,2,9-10,15-21H2,1H3,(H,34,38)/t24-,26+,27+/m1/s1. The van der Waals surface area contributed by atoms with E-state index in [2.05, 4.69) is 15.2 Å². The Morgan fingerprint density at radius 2 is 1.80 bits per heavy atom. The molecule has 1 aromatic heterocycles. The molecule has 3 atom stereocenters. The smallest absolute Gasteiger partial charge is 0.407 e. The quantitative estimate of drug-likeness (QED) is 0.406. The first kappa shape index (κ1) is 27.7. The minimum atomic E-state index is -0.404. The van der Waals surface area contributed by atoms with E-state index in [1.165, 1.54) is 0 Å². The van der Waals surface area contributed by atoms with Crippen molar-refractivity contribution in [3.05, 3.63) is 72.7 Å². The molecule has 2 amide bonds. The molecule has 2 aromatic carbocycles. The van der Waals surface area contributed by atoms with Crippen molar-refractivity contribution < 1.29 is 19.1 Å². The van der Waals surface area contributed by atoms with Gasteiger partial charge in [-0.2, -0.15) is 0 Å². The summed E-state index contributed by atoms with van der Waals surface area (Å²) in [5, 5.41) is 6.50. The Morgan fingerprint density at radius 3 is 2.58 bits per heavy atom. The molecule has 9 heteroatoms. The van der Waals surface area contributed by atoms with Crippen LogP contribution in [0.15, 0.2) is 67.0 Å². The highest BCUT2D eigenvalue weighted by Gasteiger charge is 2.35. The zero-order valence-corrected chi connectivity index (χ0v) is 23.1. The fraction of sp³-hybridized carbons (Fsp3) is 0.452. The van der Waals surface area contributed by atoms with Gasteiger partial charge in [0, 0.05) is 37.7 Å². The average Bonchev–Trinajstić information content (AvgIpc) is 3.43. The summed E-state index contributed by atoms with van der Waals surface area (Å²) in [6.45, 7) is 4.69. The molecule has 2 heterocycles. The maximum atomic E-state index is 14.2. The number of ether oxygens (including phenoxy) is 2. The van der Waals surface area contributed by atoms with Crippen LogP contribution in [0.5, 0.6) is 5.75 Å². The van der Waals surface area contributed by atoms with Crippen LogP contribution in [-0.4, -0.2) is 71.4 Å². The second kappa shape index (κ2) is 13.5. The van der Waals surface area contributed by atoms with E-state index >= 15 is 0 Å². The molecule has 1 saturated heterocycles. The molecule has 212 valence electrons. The van der Waals surface area contributed by atoms with Gasteiger partial charge in [-0.05, 0) is 31.9 Å². The van der Waals surface area contributed by atoms with Crippen LogP contribution in [0, 0.1) is 0 Å². The van der Waals surface area contributed by atoms with Crippen LogP contribution < -0.4 is 15.4 Å². The zero-order chi connectivity index (χ0) is 27.7. The number of nitrogens with zero attached hydrogens (tertiary/aromatic N) is 3. The highest BCUT2D eigenvalue weighted by atomic mass is 16.5. The topological polar surface area (TPSA) is 97.7 Å². The van der Waals surface area contributed by atoms with Gasteiger partial charge in [0.05, 0.1) is 37.3 Å². The first-order valence-electron chi connectivity index (χ1n) is 14.4. The number of aromatic nitrogens is 2. The normalized spacial score (nSPS) is 21.0. The van der Waals surface area contributed by atoms with Crippen LogP contribution in [0.25, 0.3) is 11.3 Å². The van der Waals surface area contributed by atoms with Crippen molar-refractivity contribution in [1.82, 2.24) is 25.1 Å². The summed E-state index contributed by atoms with van der Waals surface area (Å²) in [6.07, 6.45) is 5.89. The van der Waals surface area contributed by atoms with E-state index in [-0.39, 0.29) is 24.0 Å². The zero-order valence-electron chi connectivity index (χ0n) is 23.1. The van der Waals surface area contributed by atoms with E-state index in [1.54, 1.807) is 13.3 Å². The molecule has 5 rings (SSSR count). The number of alkyl carbamates (subject to hydrolysis) is 1. The molecular weight excluding hydrogens is 506 g/mol. The predicted octanol–water partition coefficient (Wildman–Crippen LogP) is 4.66. The number of rotatable bonds is 9. The SMILES string of the molecule is CCOC(=O)N[C@H]1CCCC[C@@H]1n1cnc(C(=O)N2CCNC[C@H]2CCOc2ccccc2)c1-c1ccccc1. The van der Waals surface area contributed by atoms with Crippen molar-refractivity contribution in [3.8, 4) is 17.0 Å². The van der Waals surface area contributed by atoms with Gasteiger partial charge in [-0.25, -0.2) is 9.78 Å². The average molecular weight is 546 g/mol. The highest BCUT2D eigenvalue weighted by molar-refractivity contribution is 5.98. The van der Waals surface area contributed by atoms with Gasteiger partial charge in [-0.3, -0.25) is 4.79 Å². The third-order valence-corrected chi connectivity index (χ3v) is 7.78. The lowest BCUT2D eigenvalue weighted by Crippen LogP contribution is -2.54. The number of amides is 2. The van der Waals surface area contributed by atoms with Crippen molar-refractivity contribution in [2.24, 2.45) is 0 Å². The minimum Gasteiger partial charge on any atom is -0.494 e. The molecule has 0 unspecified atom stereocenters. The van der Waals surface area contributed by atoms with Gasteiger partial charge in [-0.15, -0.1) is 0 Å². The molecule has 2 fully saturated rings. The van der Waals surface area contributed by atoms with Gasteiger partial charge in [-0.1, -0.05) is 61.4 Å². The Labute approximate surface area is 235 Å². The van der Waals surface area contributed by atoms with Gasteiger partial charge in [0.2, 0.25) is 0 Å². The Kier molecular flexibility index (Phi) is 9.34. The number of imidazole rings is 1. The Morgan fingerprint density at radius 1 is 1.05 bits per heavy atom. The molecule has 1 aliphatic heterocycles. The van der Waals surface area contributed by atoms with Crippen molar-refractivity contribution in [1.29, 1.82) is 0 Å². The number of hydrogen-bond donors (Lipinski definition) is 2. The summed E-state index contributed by atoms with van der Waals surface area (Å²) in [5.41, 5.74) is 2.18. The first-order chi connectivity index (χ1) is 19.7. The number of hydrogen-bond acceptors (Lipinski definition) is 6. The summed E-state index contributed by atoms with van der Waals surface area (Å²) < 4.78 is 13.2. The monoisotopic (exact) mass is 545 g/mol. The molecule has 3 aromatic rings. The summed E-state index contributed by atoms with van der Waals surface area (Å²) in [5.74, 6) is 0.752. The molecule has 1 saturated carbocycles. The largest absolute Gasteiger partial charge is 0.494 e. The molecule has 2 aliphatic rings. The molecule has 1 aliphatic carbocycles. The second-order valence-corrected chi connectivity index (χ2v) is 10.3. The van der Waals surface area contributed by atoms with E-state index in [4.69, 9.17) is 14.5 Å². The first-order valence-corrected chi connectivity index (χ1v) is 14.4. The lowest BCUT2D eigenvalue weighted by molar-refractivity contribution is 0.0601. The molecule has 0 spiro atoms. The molecule has 9 nitrogen and oxygen atoms in total. The summed E-state index contributed by atoms with van der Waals surface area (Å²) in [7, 11) is 0. The lowest BCUT2D eigenvalue weighted by Gasteiger charge is -2.36. The number of para-hydroxylation sites is 1. The van der Waals surface area contributed by atoms with Crippen LogP contribution in [-0.2, 0) is 4.74 Å². The van der Waals surface area contributed by atoms with E-state index in [1.807, 2.05) is 65.6 Å². The molecule has 0 bridgehead atoms. The molecule has 40 heavy (non-hydrogen) atoms. The van der Waals surface area contributed by atoms with Crippen molar-refractivity contribution in [3.63, 3.8) is 0 Å². The summed E-state index contributed by atoms with van der Waals surface area (Å²) >= 11 is 0. The molecule has 0 radical (unpaired) electrons.